The molecule has 0 bridgehead atoms. The van der Waals surface area contributed by atoms with E-state index >= 15 is 0 Å². The number of hydrogen-bond donors (Lipinski definition) is 2. The summed E-state index contributed by atoms with van der Waals surface area (Å²) in [6, 6.07) is 4.56. The molecule has 1 aromatic heterocycles. The van der Waals surface area contributed by atoms with Crippen LogP contribution in [0.25, 0.3) is 5.69 Å². The van der Waals surface area contributed by atoms with Crippen molar-refractivity contribution in [2.24, 2.45) is 5.92 Å². The van der Waals surface area contributed by atoms with Crippen molar-refractivity contribution < 1.29 is 19.1 Å². The number of rotatable bonds is 5. The van der Waals surface area contributed by atoms with Crippen molar-refractivity contribution in [3.8, 4) is 5.69 Å². The van der Waals surface area contributed by atoms with Crippen molar-refractivity contribution in [1.29, 1.82) is 0 Å². The van der Waals surface area contributed by atoms with Crippen LogP contribution in [0.4, 0.5) is 4.39 Å². The summed E-state index contributed by atoms with van der Waals surface area (Å²) < 4.78 is 12.9. The van der Waals surface area contributed by atoms with Crippen LogP contribution in [0.2, 0.25) is 0 Å². The molecule has 3 rings (SSSR count). The van der Waals surface area contributed by atoms with Gasteiger partial charge >= 0.3 is 5.97 Å². The lowest BCUT2D eigenvalue weighted by Crippen LogP contribution is -2.42. The largest absolute Gasteiger partial charge is 0.480 e. The summed E-state index contributed by atoms with van der Waals surface area (Å²) in [7, 11) is 0. The molecule has 2 N–H and O–H groups in total. The zero-order valence-electron chi connectivity index (χ0n) is 11.4. The minimum Gasteiger partial charge on any atom is -0.480 e. The van der Waals surface area contributed by atoms with E-state index in [1.165, 1.54) is 35.3 Å². The topological polar surface area (TPSA) is 97.1 Å². The summed E-state index contributed by atoms with van der Waals surface area (Å²) in [5.41, 5.74) is 0.508. The number of hydrogen-bond acceptors (Lipinski definition) is 4. The van der Waals surface area contributed by atoms with Gasteiger partial charge in [0.2, 0.25) is 0 Å². The molecule has 1 fully saturated rings. The summed E-state index contributed by atoms with van der Waals surface area (Å²) in [6.07, 6.45) is 2.82. The van der Waals surface area contributed by atoms with Gasteiger partial charge in [0, 0.05) is 0 Å². The number of benzene rings is 1. The fourth-order valence-electron chi connectivity index (χ4n) is 2.09. The molecule has 114 valence electrons. The van der Waals surface area contributed by atoms with Crippen molar-refractivity contribution in [3.05, 3.63) is 42.0 Å². The highest BCUT2D eigenvalue weighted by molar-refractivity contribution is 5.94. The summed E-state index contributed by atoms with van der Waals surface area (Å²) in [4.78, 5) is 24.3. The van der Waals surface area contributed by atoms with Gasteiger partial charge in [0.15, 0.2) is 5.69 Å². The molecule has 1 aliphatic rings. The number of nitrogens with zero attached hydrogens (tertiary/aromatic N) is 3. The zero-order chi connectivity index (χ0) is 15.7. The number of nitrogens with one attached hydrogen (secondary N) is 1. The van der Waals surface area contributed by atoms with Gasteiger partial charge in [-0.2, -0.15) is 9.90 Å². The van der Waals surface area contributed by atoms with Gasteiger partial charge in [-0.3, -0.25) is 4.79 Å². The number of carbonyl (C=O) groups excluding carboxylic acids is 1. The van der Waals surface area contributed by atoms with E-state index in [1.807, 2.05) is 0 Å². The average Bonchev–Trinajstić information content (AvgIpc) is 3.21. The quantitative estimate of drug-likeness (QED) is 0.859. The number of amides is 1. The first kappa shape index (κ1) is 14.2. The molecule has 2 aromatic rings. The van der Waals surface area contributed by atoms with Gasteiger partial charge < -0.3 is 10.4 Å². The van der Waals surface area contributed by atoms with E-state index in [9.17, 15) is 14.0 Å². The van der Waals surface area contributed by atoms with Gasteiger partial charge in [-0.05, 0) is 43.0 Å². The summed E-state index contributed by atoms with van der Waals surface area (Å²) in [6.45, 7) is 0. The Morgan fingerprint density at radius 1 is 1.32 bits per heavy atom. The normalized spacial score (nSPS) is 15.3. The second-order valence-electron chi connectivity index (χ2n) is 5.12. The first-order chi connectivity index (χ1) is 10.5. The maximum atomic E-state index is 12.9. The Balaban J connectivity index is 1.74. The molecule has 0 spiro atoms. The molecular formula is C14H13FN4O3. The lowest BCUT2D eigenvalue weighted by Gasteiger charge is -2.11. The maximum absolute atomic E-state index is 12.9. The molecule has 1 aromatic carbocycles. The molecule has 1 amide bonds. The van der Waals surface area contributed by atoms with Gasteiger partial charge in [-0.25, -0.2) is 9.18 Å². The van der Waals surface area contributed by atoms with Gasteiger partial charge in [-0.1, -0.05) is 0 Å². The van der Waals surface area contributed by atoms with Gasteiger partial charge in [0.25, 0.3) is 5.91 Å². The van der Waals surface area contributed by atoms with Gasteiger partial charge in [0.1, 0.15) is 11.9 Å². The van der Waals surface area contributed by atoms with E-state index in [4.69, 9.17) is 5.11 Å². The monoisotopic (exact) mass is 304 g/mol. The van der Waals surface area contributed by atoms with Crippen molar-refractivity contribution in [1.82, 2.24) is 20.3 Å². The van der Waals surface area contributed by atoms with Crippen LogP contribution >= 0.6 is 0 Å². The summed E-state index contributed by atoms with van der Waals surface area (Å²) >= 11 is 0. The summed E-state index contributed by atoms with van der Waals surface area (Å²) in [5, 5.41) is 19.5. The van der Waals surface area contributed by atoms with E-state index in [2.05, 4.69) is 15.5 Å². The van der Waals surface area contributed by atoms with Crippen molar-refractivity contribution >= 4 is 11.9 Å². The predicted octanol–water partition coefficient (Wildman–Crippen LogP) is 0.999. The molecular weight excluding hydrogens is 291 g/mol. The second kappa shape index (κ2) is 5.55. The maximum Gasteiger partial charge on any atom is 0.326 e. The number of halogens is 1. The predicted molar refractivity (Wildman–Crippen MR) is 72.9 cm³/mol. The lowest BCUT2D eigenvalue weighted by molar-refractivity contribution is -0.139. The fraction of sp³-hybridized carbons (Fsp3) is 0.286. The Bertz CT molecular complexity index is 709. The standard InChI is InChI=1S/C14H13FN4O3/c15-9-3-5-10(6-4-9)19-16-7-11(18-19)13(20)17-12(14(21)22)8-1-2-8/h3-8,12H,1-2H2,(H,17,20)(H,21,22). The Kier molecular flexibility index (Phi) is 3.58. The molecule has 0 saturated heterocycles. The van der Waals surface area contributed by atoms with Crippen molar-refractivity contribution in [3.63, 3.8) is 0 Å². The highest BCUT2D eigenvalue weighted by Crippen LogP contribution is 2.32. The van der Waals surface area contributed by atoms with Crippen LogP contribution in [0.15, 0.2) is 30.5 Å². The van der Waals surface area contributed by atoms with E-state index in [1.54, 1.807) is 0 Å². The lowest BCUT2D eigenvalue weighted by atomic mass is 10.2. The number of carboxylic acid groups (broad SMARTS) is 1. The molecule has 1 unspecified atom stereocenters. The third kappa shape index (κ3) is 2.95. The van der Waals surface area contributed by atoms with Crippen LogP contribution in [0.3, 0.4) is 0 Å². The molecule has 1 aliphatic carbocycles. The molecule has 0 aliphatic heterocycles. The van der Waals surface area contributed by atoms with Crippen molar-refractivity contribution in [2.75, 3.05) is 0 Å². The Hall–Kier alpha value is -2.77. The smallest absolute Gasteiger partial charge is 0.326 e. The highest BCUT2D eigenvalue weighted by Gasteiger charge is 2.37. The molecule has 1 heterocycles. The molecule has 22 heavy (non-hydrogen) atoms. The van der Waals surface area contributed by atoms with Crippen LogP contribution < -0.4 is 5.32 Å². The summed E-state index contributed by atoms with van der Waals surface area (Å²) in [5.74, 6) is -2.05. The first-order valence-electron chi connectivity index (χ1n) is 6.76. The van der Waals surface area contributed by atoms with Crippen LogP contribution in [-0.4, -0.2) is 38.0 Å². The second-order valence-corrected chi connectivity index (χ2v) is 5.12. The van der Waals surface area contributed by atoms with Gasteiger partial charge in [0.05, 0.1) is 11.9 Å². The molecule has 0 radical (unpaired) electrons. The fourth-order valence-corrected chi connectivity index (χ4v) is 2.09. The molecule has 8 heteroatoms. The van der Waals surface area contributed by atoms with E-state index < -0.39 is 17.9 Å². The van der Waals surface area contributed by atoms with E-state index in [0.717, 1.165) is 12.8 Å². The van der Waals surface area contributed by atoms with Gasteiger partial charge in [-0.15, -0.1) is 5.10 Å². The first-order valence-corrected chi connectivity index (χ1v) is 6.76. The zero-order valence-corrected chi connectivity index (χ0v) is 11.4. The Morgan fingerprint density at radius 3 is 2.59 bits per heavy atom. The minimum absolute atomic E-state index is 0.0104. The number of carbonyl (C=O) groups is 2. The highest BCUT2D eigenvalue weighted by atomic mass is 19.1. The minimum atomic E-state index is -1.05. The third-order valence-electron chi connectivity index (χ3n) is 3.43. The number of carboxylic acids is 1. The van der Waals surface area contributed by atoms with Crippen LogP contribution in [0.1, 0.15) is 23.3 Å². The third-order valence-corrected chi connectivity index (χ3v) is 3.43. The van der Waals surface area contributed by atoms with Crippen LogP contribution in [0, 0.1) is 11.7 Å². The molecule has 1 atom stereocenters. The van der Waals surface area contributed by atoms with E-state index in [-0.39, 0.29) is 17.4 Å². The molecule has 1 saturated carbocycles. The Labute approximate surface area is 124 Å². The van der Waals surface area contributed by atoms with E-state index in [0.29, 0.717) is 5.69 Å². The SMILES string of the molecule is O=C(NC(C(=O)O)C1CC1)c1cnn(-c2ccc(F)cc2)n1. The van der Waals surface area contributed by atoms with Crippen LogP contribution in [0.5, 0.6) is 0 Å². The van der Waals surface area contributed by atoms with Crippen molar-refractivity contribution in [2.45, 2.75) is 18.9 Å². The average molecular weight is 304 g/mol. The number of aromatic nitrogens is 3. The Morgan fingerprint density at radius 2 is 2.00 bits per heavy atom. The van der Waals surface area contributed by atoms with Crippen LogP contribution in [-0.2, 0) is 4.79 Å². The molecule has 7 nitrogen and oxygen atoms in total. The number of aliphatic carboxylic acids is 1.